The van der Waals surface area contributed by atoms with Gasteiger partial charge in [0.05, 0.1) is 0 Å². The first kappa shape index (κ1) is 12.2. The maximum atomic E-state index is 3.59. The molecule has 3 heteroatoms. The predicted molar refractivity (Wildman–Crippen MR) is 78.0 cm³/mol. The summed E-state index contributed by atoms with van der Waals surface area (Å²) in [6, 6.07) is 9.44. The van der Waals surface area contributed by atoms with Crippen LogP contribution < -0.4 is 10.2 Å². The summed E-state index contributed by atoms with van der Waals surface area (Å²) in [5, 5.41) is 3.59. The van der Waals surface area contributed by atoms with E-state index in [2.05, 4.69) is 70.9 Å². The van der Waals surface area contributed by atoms with Crippen LogP contribution in [-0.4, -0.2) is 25.7 Å². The molecule has 1 aliphatic heterocycles. The molecule has 16 heavy (non-hydrogen) atoms. The van der Waals surface area contributed by atoms with E-state index in [1.165, 1.54) is 9.26 Å². The molecule has 1 N–H and O–H groups in total. The van der Waals surface area contributed by atoms with Crippen LogP contribution in [0.5, 0.6) is 0 Å². The highest BCUT2D eigenvalue weighted by Crippen LogP contribution is 2.19. The molecule has 0 aromatic heterocycles. The first-order valence-corrected chi connectivity index (χ1v) is 6.98. The van der Waals surface area contributed by atoms with Crippen LogP contribution in [0.1, 0.15) is 13.8 Å². The first-order valence-electron chi connectivity index (χ1n) is 5.90. The fourth-order valence-corrected chi connectivity index (χ4v) is 2.47. The zero-order valence-electron chi connectivity index (χ0n) is 9.91. The summed E-state index contributed by atoms with van der Waals surface area (Å²) in [5.74, 6) is 0.701. The summed E-state index contributed by atoms with van der Waals surface area (Å²) in [6.45, 7) is 7.90. The lowest BCUT2D eigenvalue weighted by molar-refractivity contribution is 0.368. The molecule has 2 nitrogen and oxygen atoms in total. The van der Waals surface area contributed by atoms with Gasteiger partial charge in [0, 0.05) is 34.9 Å². The van der Waals surface area contributed by atoms with Gasteiger partial charge < -0.3 is 10.2 Å². The second-order valence-electron chi connectivity index (χ2n) is 4.73. The fourth-order valence-electron chi connectivity index (χ4n) is 2.11. The molecule has 0 aliphatic carbocycles. The molecule has 1 aromatic carbocycles. The third-order valence-electron chi connectivity index (χ3n) is 3.20. The first-order chi connectivity index (χ1) is 7.66. The molecular formula is C13H19IN2. The second-order valence-corrected chi connectivity index (χ2v) is 5.97. The monoisotopic (exact) mass is 330 g/mol. The van der Waals surface area contributed by atoms with Gasteiger partial charge in [-0.15, -0.1) is 0 Å². The average Bonchev–Trinajstić information content (AvgIpc) is 2.30. The van der Waals surface area contributed by atoms with E-state index >= 15 is 0 Å². The van der Waals surface area contributed by atoms with Crippen molar-refractivity contribution in [1.29, 1.82) is 0 Å². The summed E-state index contributed by atoms with van der Waals surface area (Å²) in [4.78, 5) is 2.48. The molecule has 0 amide bonds. The molecule has 88 valence electrons. The van der Waals surface area contributed by atoms with Crippen molar-refractivity contribution in [3.63, 3.8) is 0 Å². The van der Waals surface area contributed by atoms with Gasteiger partial charge in [-0.05, 0) is 52.8 Å². The lowest BCUT2D eigenvalue weighted by atomic mass is 10.0. The predicted octanol–water partition coefficient (Wildman–Crippen LogP) is 2.73. The van der Waals surface area contributed by atoms with E-state index in [1.807, 2.05) is 0 Å². The Balaban J connectivity index is 2.06. The lowest BCUT2D eigenvalue weighted by Gasteiger charge is -2.37. The van der Waals surface area contributed by atoms with Crippen LogP contribution in [0.4, 0.5) is 5.69 Å². The molecule has 1 heterocycles. The topological polar surface area (TPSA) is 15.3 Å². The molecule has 0 spiro atoms. The minimum atomic E-state index is 0.619. The molecule has 1 aromatic rings. The number of anilines is 1. The van der Waals surface area contributed by atoms with Crippen molar-refractivity contribution >= 4 is 28.3 Å². The molecule has 0 bridgehead atoms. The van der Waals surface area contributed by atoms with E-state index in [9.17, 15) is 0 Å². The maximum absolute atomic E-state index is 3.59. The smallest absolute Gasteiger partial charge is 0.0367 e. The number of benzene rings is 1. The summed E-state index contributed by atoms with van der Waals surface area (Å²) < 4.78 is 1.30. The van der Waals surface area contributed by atoms with Gasteiger partial charge in [0.25, 0.3) is 0 Å². The van der Waals surface area contributed by atoms with Crippen LogP contribution in [0.2, 0.25) is 0 Å². The van der Waals surface area contributed by atoms with E-state index in [0.29, 0.717) is 12.0 Å². The van der Waals surface area contributed by atoms with Crippen molar-refractivity contribution in [2.75, 3.05) is 24.5 Å². The zero-order valence-corrected chi connectivity index (χ0v) is 12.1. The third-order valence-corrected chi connectivity index (χ3v) is 3.92. The van der Waals surface area contributed by atoms with Crippen LogP contribution in [-0.2, 0) is 0 Å². The quantitative estimate of drug-likeness (QED) is 0.839. The van der Waals surface area contributed by atoms with Crippen molar-refractivity contribution in [2.45, 2.75) is 19.9 Å². The Kier molecular flexibility index (Phi) is 4.08. The summed E-state index contributed by atoms with van der Waals surface area (Å²) >= 11 is 2.35. The minimum absolute atomic E-state index is 0.619. The van der Waals surface area contributed by atoms with Crippen LogP contribution in [0, 0.1) is 9.49 Å². The number of nitrogens with one attached hydrogen (secondary N) is 1. The van der Waals surface area contributed by atoms with Gasteiger partial charge in [-0.3, -0.25) is 0 Å². The highest BCUT2D eigenvalue weighted by Gasteiger charge is 2.21. The number of halogens is 1. The summed E-state index contributed by atoms with van der Waals surface area (Å²) in [7, 11) is 0. The Morgan fingerprint density at radius 2 is 2.00 bits per heavy atom. The molecule has 0 saturated carbocycles. The molecule has 1 aliphatic rings. The van der Waals surface area contributed by atoms with E-state index in [4.69, 9.17) is 0 Å². The normalized spacial score (nSPS) is 21.5. The molecular weight excluding hydrogens is 311 g/mol. The highest BCUT2D eigenvalue weighted by atomic mass is 127. The third kappa shape index (κ3) is 2.88. The Morgan fingerprint density at radius 3 is 2.62 bits per heavy atom. The zero-order chi connectivity index (χ0) is 11.5. The maximum Gasteiger partial charge on any atom is 0.0367 e. The molecule has 1 saturated heterocycles. The van der Waals surface area contributed by atoms with Gasteiger partial charge in [-0.25, -0.2) is 0 Å². The van der Waals surface area contributed by atoms with Crippen LogP contribution in [0.25, 0.3) is 0 Å². The van der Waals surface area contributed by atoms with Crippen molar-refractivity contribution in [2.24, 2.45) is 5.92 Å². The van der Waals surface area contributed by atoms with E-state index in [1.54, 1.807) is 0 Å². The standard InChI is InChI=1S/C13H19IN2/c1-10(2)13-9-16(8-7-15-13)12-5-3-11(14)4-6-12/h3-6,10,13,15H,7-9H2,1-2H3. The lowest BCUT2D eigenvalue weighted by Crippen LogP contribution is -2.52. The molecule has 2 rings (SSSR count). The Hall–Kier alpha value is -0.290. The second kappa shape index (κ2) is 5.36. The van der Waals surface area contributed by atoms with Crippen molar-refractivity contribution in [3.8, 4) is 0 Å². The Morgan fingerprint density at radius 1 is 1.31 bits per heavy atom. The molecule has 0 radical (unpaired) electrons. The number of rotatable bonds is 2. The Bertz CT molecular complexity index is 334. The number of piperazine rings is 1. The SMILES string of the molecule is CC(C)C1CN(c2ccc(I)cc2)CCN1. The van der Waals surface area contributed by atoms with Crippen molar-refractivity contribution in [3.05, 3.63) is 27.8 Å². The summed E-state index contributed by atoms with van der Waals surface area (Å²) in [6.07, 6.45) is 0. The highest BCUT2D eigenvalue weighted by molar-refractivity contribution is 14.1. The van der Waals surface area contributed by atoms with E-state index in [-0.39, 0.29) is 0 Å². The average molecular weight is 330 g/mol. The van der Waals surface area contributed by atoms with Gasteiger partial charge in [-0.1, -0.05) is 13.8 Å². The van der Waals surface area contributed by atoms with Gasteiger partial charge in [0.15, 0.2) is 0 Å². The van der Waals surface area contributed by atoms with Gasteiger partial charge in [0.1, 0.15) is 0 Å². The minimum Gasteiger partial charge on any atom is -0.369 e. The molecule has 1 atom stereocenters. The Labute approximate surface area is 112 Å². The van der Waals surface area contributed by atoms with Crippen molar-refractivity contribution in [1.82, 2.24) is 5.32 Å². The molecule has 1 unspecified atom stereocenters. The van der Waals surface area contributed by atoms with Crippen LogP contribution >= 0.6 is 22.6 Å². The summed E-state index contributed by atoms with van der Waals surface area (Å²) in [5.41, 5.74) is 1.35. The van der Waals surface area contributed by atoms with E-state index < -0.39 is 0 Å². The van der Waals surface area contributed by atoms with Crippen LogP contribution in [0.3, 0.4) is 0 Å². The molecule has 1 fully saturated rings. The van der Waals surface area contributed by atoms with Gasteiger partial charge in [0.2, 0.25) is 0 Å². The van der Waals surface area contributed by atoms with Crippen LogP contribution in [0.15, 0.2) is 24.3 Å². The van der Waals surface area contributed by atoms with Crippen molar-refractivity contribution < 1.29 is 0 Å². The van der Waals surface area contributed by atoms with Gasteiger partial charge in [-0.2, -0.15) is 0 Å². The number of nitrogens with zero attached hydrogens (tertiary/aromatic N) is 1. The van der Waals surface area contributed by atoms with E-state index in [0.717, 1.165) is 19.6 Å². The van der Waals surface area contributed by atoms with Gasteiger partial charge >= 0.3 is 0 Å². The fraction of sp³-hybridized carbons (Fsp3) is 0.538. The number of hydrogen-bond donors (Lipinski definition) is 1. The largest absolute Gasteiger partial charge is 0.369 e. The number of hydrogen-bond acceptors (Lipinski definition) is 2.